The molecule has 1 aromatic rings. The van der Waals surface area contributed by atoms with Crippen LogP contribution in [0.3, 0.4) is 0 Å². The molecule has 1 rings (SSSR count). The van der Waals surface area contributed by atoms with Crippen LogP contribution in [0.4, 0.5) is 0 Å². The summed E-state index contributed by atoms with van der Waals surface area (Å²) in [6.07, 6.45) is 19.0. The minimum atomic E-state index is 0.730. The molecule has 1 aromatic heterocycles. The fourth-order valence-corrected chi connectivity index (χ4v) is 3.51. The van der Waals surface area contributed by atoms with Gasteiger partial charge in [0.05, 0.1) is 0 Å². The van der Waals surface area contributed by atoms with Crippen molar-refractivity contribution in [1.29, 1.82) is 0 Å². The van der Waals surface area contributed by atoms with Crippen LogP contribution in [0.1, 0.15) is 121 Å². The van der Waals surface area contributed by atoms with E-state index in [-0.39, 0.29) is 0 Å². The van der Waals surface area contributed by atoms with Gasteiger partial charge in [-0.05, 0) is 44.1 Å². The molecule has 25 heavy (non-hydrogen) atoms. The van der Waals surface area contributed by atoms with Crippen LogP contribution in [0.25, 0.3) is 0 Å². The van der Waals surface area contributed by atoms with E-state index in [0.29, 0.717) is 0 Å². The molecule has 1 radical (unpaired) electrons. The van der Waals surface area contributed by atoms with Crippen molar-refractivity contribution in [2.24, 2.45) is 0 Å². The highest BCUT2D eigenvalue weighted by Crippen LogP contribution is 2.20. The van der Waals surface area contributed by atoms with E-state index in [4.69, 9.17) is 9.97 Å². The largest absolute Gasteiger partial charge is 0.238 e. The third-order valence-corrected chi connectivity index (χ3v) is 5.04. The number of rotatable bonds is 15. The van der Waals surface area contributed by atoms with Crippen molar-refractivity contribution in [2.45, 2.75) is 117 Å². The van der Waals surface area contributed by atoms with Crippen LogP contribution in [0.5, 0.6) is 0 Å². The standard InChI is InChI=1S/C23H41N2/c1-5-8-11-14-17-21-22(18-15-12-9-6-2)24-20(4)25-23(21)19-16-13-10-7-3/h4-19H2,1-3H3. The van der Waals surface area contributed by atoms with E-state index < -0.39 is 0 Å². The minimum absolute atomic E-state index is 0.730. The number of aryl methyl sites for hydroxylation is 2. The Morgan fingerprint density at radius 1 is 0.560 bits per heavy atom. The van der Waals surface area contributed by atoms with Gasteiger partial charge in [-0.1, -0.05) is 78.6 Å². The molecule has 1 heterocycles. The third-order valence-electron chi connectivity index (χ3n) is 5.04. The SMILES string of the molecule is [CH2]c1nc(CCCCCC)c(CCCCCC)c(CCCCCC)n1. The van der Waals surface area contributed by atoms with Gasteiger partial charge in [0.15, 0.2) is 0 Å². The van der Waals surface area contributed by atoms with Gasteiger partial charge in [0, 0.05) is 18.3 Å². The maximum Gasteiger partial charge on any atom is 0.129 e. The summed E-state index contributed by atoms with van der Waals surface area (Å²) < 4.78 is 0. The minimum Gasteiger partial charge on any atom is -0.238 e. The lowest BCUT2D eigenvalue weighted by Gasteiger charge is -2.15. The normalized spacial score (nSPS) is 11.2. The molecule has 0 unspecified atom stereocenters. The average Bonchev–Trinajstić information content (AvgIpc) is 2.60. The molecular weight excluding hydrogens is 304 g/mol. The topological polar surface area (TPSA) is 25.8 Å². The first-order chi connectivity index (χ1) is 12.2. The highest BCUT2D eigenvalue weighted by Gasteiger charge is 2.13. The molecule has 0 amide bonds. The van der Waals surface area contributed by atoms with Crippen molar-refractivity contribution in [3.05, 3.63) is 29.7 Å². The Hall–Kier alpha value is -0.920. The van der Waals surface area contributed by atoms with Crippen molar-refractivity contribution in [3.8, 4) is 0 Å². The Morgan fingerprint density at radius 2 is 0.960 bits per heavy atom. The number of hydrogen-bond donors (Lipinski definition) is 0. The summed E-state index contributed by atoms with van der Waals surface area (Å²) in [5, 5.41) is 0. The van der Waals surface area contributed by atoms with Crippen LogP contribution < -0.4 is 0 Å². The Kier molecular flexibility index (Phi) is 12.6. The molecule has 2 nitrogen and oxygen atoms in total. The van der Waals surface area contributed by atoms with E-state index >= 15 is 0 Å². The number of nitrogens with zero attached hydrogens (tertiary/aromatic N) is 2. The lowest BCUT2D eigenvalue weighted by molar-refractivity contribution is 0.624. The molecule has 0 atom stereocenters. The zero-order valence-electron chi connectivity index (χ0n) is 17.2. The summed E-state index contributed by atoms with van der Waals surface area (Å²) >= 11 is 0. The summed E-state index contributed by atoms with van der Waals surface area (Å²) in [7, 11) is 0. The van der Waals surface area contributed by atoms with Gasteiger partial charge in [0.1, 0.15) is 5.82 Å². The number of hydrogen-bond acceptors (Lipinski definition) is 2. The lowest BCUT2D eigenvalue weighted by Crippen LogP contribution is -2.09. The van der Waals surface area contributed by atoms with Crippen LogP contribution in [0, 0.1) is 6.92 Å². The predicted octanol–water partition coefficient (Wildman–Crippen LogP) is 7.03. The fourth-order valence-electron chi connectivity index (χ4n) is 3.51. The maximum atomic E-state index is 4.75. The van der Waals surface area contributed by atoms with Crippen molar-refractivity contribution in [1.82, 2.24) is 9.97 Å². The number of unbranched alkanes of at least 4 members (excludes halogenated alkanes) is 9. The van der Waals surface area contributed by atoms with E-state index in [0.717, 1.165) is 25.1 Å². The van der Waals surface area contributed by atoms with Crippen molar-refractivity contribution >= 4 is 0 Å². The quantitative estimate of drug-likeness (QED) is 0.319. The second kappa shape index (κ2) is 14.3. The zero-order chi connectivity index (χ0) is 18.3. The van der Waals surface area contributed by atoms with Crippen LogP contribution >= 0.6 is 0 Å². The van der Waals surface area contributed by atoms with Crippen LogP contribution in [-0.4, -0.2) is 9.97 Å². The molecule has 0 aromatic carbocycles. The Bertz CT molecular complexity index is 420. The van der Waals surface area contributed by atoms with E-state index in [2.05, 4.69) is 27.7 Å². The molecule has 2 heteroatoms. The monoisotopic (exact) mass is 345 g/mol. The van der Waals surface area contributed by atoms with Gasteiger partial charge in [-0.3, -0.25) is 0 Å². The highest BCUT2D eigenvalue weighted by molar-refractivity contribution is 5.27. The van der Waals surface area contributed by atoms with E-state index in [1.165, 1.54) is 94.0 Å². The molecule has 0 saturated carbocycles. The van der Waals surface area contributed by atoms with Gasteiger partial charge >= 0.3 is 0 Å². The smallest absolute Gasteiger partial charge is 0.129 e. The first-order valence-electron chi connectivity index (χ1n) is 10.9. The van der Waals surface area contributed by atoms with Crippen molar-refractivity contribution in [2.75, 3.05) is 0 Å². The second-order valence-corrected chi connectivity index (χ2v) is 7.44. The first-order valence-corrected chi connectivity index (χ1v) is 10.9. The Labute approximate surface area is 157 Å². The van der Waals surface area contributed by atoms with Crippen LogP contribution in [0.15, 0.2) is 0 Å². The second-order valence-electron chi connectivity index (χ2n) is 7.44. The summed E-state index contributed by atoms with van der Waals surface area (Å²) in [6, 6.07) is 0. The highest BCUT2D eigenvalue weighted by atomic mass is 14.9. The average molecular weight is 346 g/mol. The molecule has 0 bridgehead atoms. The fraction of sp³-hybridized carbons (Fsp3) is 0.783. The summed E-state index contributed by atoms with van der Waals surface area (Å²) in [5.41, 5.74) is 4.08. The van der Waals surface area contributed by atoms with E-state index in [9.17, 15) is 0 Å². The molecule has 0 spiro atoms. The Morgan fingerprint density at radius 3 is 1.36 bits per heavy atom. The van der Waals surface area contributed by atoms with Gasteiger partial charge in [0.25, 0.3) is 0 Å². The van der Waals surface area contributed by atoms with E-state index in [1.807, 2.05) is 0 Å². The maximum absolute atomic E-state index is 4.75. The van der Waals surface area contributed by atoms with Gasteiger partial charge in [-0.25, -0.2) is 9.97 Å². The molecule has 0 aliphatic heterocycles. The molecule has 0 N–H and O–H groups in total. The Balaban J connectivity index is 2.79. The van der Waals surface area contributed by atoms with Crippen LogP contribution in [0.2, 0.25) is 0 Å². The first kappa shape index (κ1) is 22.1. The predicted molar refractivity (Wildman–Crippen MR) is 110 cm³/mol. The number of aromatic nitrogens is 2. The molecular formula is C23H41N2. The van der Waals surface area contributed by atoms with Gasteiger partial charge in [0.2, 0.25) is 0 Å². The molecule has 0 aliphatic carbocycles. The molecule has 0 saturated heterocycles. The van der Waals surface area contributed by atoms with Gasteiger partial charge < -0.3 is 0 Å². The zero-order valence-corrected chi connectivity index (χ0v) is 17.2. The van der Waals surface area contributed by atoms with Gasteiger partial charge in [-0.15, -0.1) is 0 Å². The molecule has 0 fully saturated rings. The van der Waals surface area contributed by atoms with E-state index in [1.54, 1.807) is 0 Å². The summed E-state index contributed by atoms with van der Waals surface area (Å²) in [4.78, 5) is 9.51. The van der Waals surface area contributed by atoms with Gasteiger partial charge in [-0.2, -0.15) is 0 Å². The molecule has 0 aliphatic rings. The van der Waals surface area contributed by atoms with Crippen LogP contribution in [-0.2, 0) is 19.3 Å². The third kappa shape index (κ3) is 9.37. The van der Waals surface area contributed by atoms with Crippen molar-refractivity contribution in [3.63, 3.8) is 0 Å². The lowest BCUT2D eigenvalue weighted by atomic mass is 9.97. The summed E-state index contributed by atoms with van der Waals surface area (Å²) in [5.74, 6) is 0.730. The molecule has 143 valence electrons. The van der Waals surface area contributed by atoms with Crippen molar-refractivity contribution < 1.29 is 0 Å². The summed E-state index contributed by atoms with van der Waals surface area (Å²) in [6.45, 7) is 10.9.